The molecule has 52 heavy (non-hydrogen) atoms. The zero-order valence-corrected chi connectivity index (χ0v) is 30.8. The minimum absolute atomic E-state index is 0.109. The van der Waals surface area contributed by atoms with Gasteiger partial charge in [-0.25, -0.2) is 4.39 Å². The lowest BCUT2D eigenvalue weighted by Crippen LogP contribution is -2.43. The lowest BCUT2D eigenvalue weighted by molar-refractivity contribution is -0.115. The van der Waals surface area contributed by atoms with Crippen LogP contribution in [-0.2, 0) is 11.2 Å². The maximum Gasteiger partial charge on any atom is 0.290 e. The van der Waals surface area contributed by atoms with Crippen molar-refractivity contribution in [1.82, 2.24) is 15.5 Å². The van der Waals surface area contributed by atoms with E-state index < -0.39 is 40.8 Å². The number of benzene rings is 4. The van der Waals surface area contributed by atoms with Crippen LogP contribution in [0.5, 0.6) is 5.75 Å². The Morgan fingerprint density at radius 3 is 2.33 bits per heavy atom. The van der Waals surface area contributed by atoms with Crippen molar-refractivity contribution in [3.63, 3.8) is 0 Å². The van der Waals surface area contributed by atoms with Gasteiger partial charge in [0, 0.05) is 29.7 Å². The Bertz CT molecular complexity index is 2070. The molecule has 266 valence electrons. The van der Waals surface area contributed by atoms with Crippen molar-refractivity contribution in [2.45, 2.75) is 38.8 Å². The number of imide groups is 1. The number of carbonyl (C=O) groups is 5. The van der Waals surface area contributed by atoms with E-state index in [1.54, 1.807) is 59.5 Å². The summed E-state index contributed by atoms with van der Waals surface area (Å²) in [5, 5.41) is 4.73. The molecule has 2 heterocycles. The SMILES string of the molecule is CC(C)Cc1cccc(Br)c1O[C@@H]1C[C@@H](CNC(=O)c2ccc(/C=C3\SC(=O)NC3=O)cc2)N(C(=O)c2ccccc2C(=O)c2ccc(F)cc2)C1. The van der Waals surface area contributed by atoms with Crippen molar-refractivity contribution in [2.24, 2.45) is 5.92 Å². The molecule has 2 aliphatic rings. The summed E-state index contributed by atoms with van der Waals surface area (Å²) < 4.78 is 21.0. The van der Waals surface area contributed by atoms with Crippen LogP contribution in [0.4, 0.5) is 9.18 Å². The molecule has 4 aromatic carbocycles. The van der Waals surface area contributed by atoms with Crippen molar-refractivity contribution in [2.75, 3.05) is 13.1 Å². The highest BCUT2D eigenvalue weighted by Crippen LogP contribution is 2.34. The second kappa shape index (κ2) is 16.1. The molecule has 12 heteroatoms. The van der Waals surface area contributed by atoms with Gasteiger partial charge in [0.05, 0.1) is 27.5 Å². The summed E-state index contributed by atoms with van der Waals surface area (Å²) in [6.07, 6.45) is 2.36. The number of ketones is 1. The molecule has 4 aromatic rings. The van der Waals surface area contributed by atoms with E-state index in [0.717, 1.165) is 28.2 Å². The van der Waals surface area contributed by atoms with Crippen LogP contribution in [0.2, 0.25) is 0 Å². The van der Waals surface area contributed by atoms with E-state index in [4.69, 9.17) is 4.74 Å². The number of thioether (sulfide) groups is 1. The number of hydrogen-bond acceptors (Lipinski definition) is 7. The van der Waals surface area contributed by atoms with Crippen LogP contribution < -0.4 is 15.4 Å². The number of halogens is 2. The molecule has 9 nitrogen and oxygen atoms in total. The second-order valence-corrected chi connectivity index (χ2v) is 14.8. The van der Waals surface area contributed by atoms with E-state index >= 15 is 0 Å². The maximum atomic E-state index is 14.4. The smallest absolute Gasteiger partial charge is 0.290 e. The number of nitrogens with zero attached hydrogens (tertiary/aromatic N) is 1. The van der Waals surface area contributed by atoms with Gasteiger partial charge in [0.2, 0.25) is 0 Å². The van der Waals surface area contributed by atoms with Crippen LogP contribution >= 0.6 is 27.7 Å². The molecule has 0 unspecified atom stereocenters. The number of nitrogens with one attached hydrogen (secondary N) is 2. The zero-order valence-electron chi connectivity index (χ0n) is 28.4. The summed E-state index contributed by atoms with van der Waals surface area (Å²) in [5.41, 5.74) is 2.68. The number of hydrogen-bond donors (Lipinski definition) is 2. The first-order valence-corrected chi connectivity index (χ1v) is 18.3. The third kappa shape index (κ3) is 8.51. The third-order valence-corrected chi connectivity index (χ3v) is 10.2. The van der Waals surface area contributed by atoms with Crippen molar-refractivity contribution >= 4 is 62.5 Å². The Morgan fingerprint density at radius 1 is 0.962 bits per heavy atom. The van der Waals surface area contributed by atoms with Gasteiger partial charge in [-0.15, -0.1) is 0 Å². The molecule has 2 fully saturated rings. The molecule has 4 amide bonds. The monoisotopic (exact) mass is 783 g/mol. The van der Waals surface area contributed by atoms with Crippen LogP contribution in [0.15, 0.2) is 100 Å². The van der Waals surface area contributed by atoms with Gasteiger partial charge in [-0.05, 0) is 106 Å². The molecular formula is C40H35BrFN3O6S. The van der Waals surface area contributed by atoms with Gasteiger partial charge >= 0.3 is 0 Å². The number of ether oxygens (including phenoxy) is 1. The minimum Gasteiger partial charge on any atom is -0.487 e. The van der Waals surface area contributed by atoms with Gasteiger partial charge in [-0.1, -0.05) is 56.3 Å². The highest BCUT2D eigenvalue weighted by molar-refractivity contribution is 9.10. The van der Waals surface area contributed by atoms with Crippen LogP contribution in [0.3, 0.4) is 0 Å². The van der Waals surface area contributed by atoms with E-state index in [1.165, 1.54) is 24.3 Å². The van der Waals surface area contributed by atoms with Gasteiger partial charge in [0.15, 0.2) is 5.78 Å². The quantitative estimate of drug-likeness (QED) is 0.120. The largest absolute Gasteiger partial charge is 0.487 e. The lowest BCUT2D eigenvalue weighted by Gasteiger charge is -2.25. The Morgan fingerprint density at radius 2 is 1.65 bits per heavy atom. The number of para-hydroxylation sites is 1. The fourth-order valence-corrected chi connectivity index (χ4v) is 7.43. The van der Waals surface area contributed by atoms with Crippen LogP contribution in [-0.4, -0.2) is 58.9 Å². The van der Waals surface area contributed by atoms with Gasteiger partial charge in [0.1, 0.15) is 17.7 Å². The predicted octanol–water partition coefficient (Wildman–Crippen LogP) is 7.43. The fraction of sp³-hybridized carbons (Fsp3) is 0.225. The summed E-state index contributed by atoms with van der Waals surface area (Å²) in [5.74, 6) is -1.02. The van der Waals surface area contributed by atoms with Crippen molar-refractivity contribution < 1.29 is 33.1 Å². The zero-order chi connectivity index (χ0) is 36.9. The normalized spacial score (nSPS) is 17.8. The van der Waals surface area contributed by atoms with E-state index in [9.17, 15) is 28.4 Å². The predicted molar refractivity (Wildman–Crippen MR) is 201 cm³/mol. The molecule has 6 rings (SSSR count). The molecule has 0 bridgehead atoms. The molecule has 2 aliphatic heterocycles. The minimum atomic E-state index is -0.481. The standard InChI is InChI=1S/C40H35BrFN3O6S/c1-23(2)18-27-6-5-9-33(41)36(27)51-30-20-29(21-43-37(47)26-12-10-24(11-13-26)19-34-38(48)44-40(50)52-34)45(22-30)39(49)32-8-4-3-7-31(32)35(46)25-14-16-28(42)17-15-25/h3-17,19,23,29-30H,18,20-22H2,1-2H3,(H,43,47)(H,44,48,50)/b34-19-/t29-,30+/m0/s1. The number of amides is 4. The first kappa shape index (κ1) is 36.7. The molecule has 0 aliphatic carbocycles. The highest BCUT2D eigenvalue weighted by atomic mass is 79.9. The summed E-state index contributed by atoms with van der Waals surface area (Å²) in [6, 6.07) is 23.7. The molecule has 2 N–H and O–H groups in total. The lowest BCUT2D eigenvalue weighted by atomic mass is 9.97. The average Bonchev–Trinajstić information content (AvgIpc) is 3.68. The first-order valence-electron chi connectivity index (χ1n) is 16.7. The highest BCUT2D eigenvalue weighted by Gasteiger charge is 2.39. The van der Waals surface area contributed by atoms with E-state index in [1.807, 2.05) is 18.2 Å². The van der Waals surface area contributed by atoms with E-state index in [0.29, 0.717) is 29.2 Å². The molecule has 2 saturated heterocycles. The molecule has 0 aromatic heterocycles. The van der Waals surface area contributed by atoms with Gasteiger partial charge in [0.25, 0.3) is 23.0 Å². The molecule has 0 radical (unpaired) electrons. The maximum absolute atomic E-state index is 14.4. The number of likely N-dealkylation sites (tertiary alicyclic amines) is 1. The van der Waals surface area contributed by atoms with Crippen molar-refractivity contribution in [3.8, 4) is 5.75 Å². The third-order valence-electron chi connectivity index (χ3n) is 8.72. The van der Waals surface area contributed by atoms with Crippen molar-refractivity contribution in [3.05, 3.63) is 140 Å². The first-order chi connectivity index (χ1) is 25.0. The number of carbonyl (C=O) groups excluding carboxylic acids is 5. The molecule has 0 saturated carbocycles. The van der Waals surface area contributed by atoms with Gasteiger partial charge < -0.3 is 15.0 Å². The molecule has 2 atom stereocenters. The van der Waals surface area contributed by atoms with Crippen LogP contribution in [0.1, 0.15) is 68.0 Å². The van der Waals surface area contributed by atoms with Gasteiger partial charge in [-0.3, -0.25) is 29.3 Å². The Labute approximate surface area is 313 Å². The summed E-state index contributed by atoms with van der Waals surface area (Å²) in [6.45, 7) is 4.57. The van der Waals surface area contributed by atoms with Crippen molar-refractivity contribution in [1.29, 1.82) is 0 Å². The molecule has 0 spiro atoms. The topological polar surface area (TPSA) is 122 Å². The Hall–Kier alpha value is -5.07. The average molecular weight is 785 g/mol. The molecular weight excluding hydrogens is 749 g/mol. The Balaban J connectivity index is 1.23. The van der Waals surface area contributed by atoms with E-state index in [2.05, 4.69) is 40.4 Å². The Kier molecular flexibility index (Phi) is 11.4. The summed E-state index contributed by atoms with van der Waals surface area (Å²) >= 11 is 4.45. The second-order valence-electron chi connectivity index (χ2n) is 13.0. The summed E-state index contributed by atoms with van der Waals surface area (Å²) in [7, 11) is 0. The number of rotatable bonds is 11. The van der Waals surface area contributed by atoms with E-state index in [-0.39, 0.29) is 40.6 Å². The van der Waals surface area contributed by atoms with Crippen LogP contribution in [0.25, 0.3) is 6.08 Å². The summed E-state index contributed by atoms with van der Waals surface area (Å²) in [4.78, 5) is 66.6. The van der Waals surface area contributed by atoms with Crippen LogP contribution in [0, 0.1) is 11.7 Å². The fourth-order valence-electron chi connectivity index (χ4n) is 6.25. The van der Waals surface area contributed by atoms with Gasteiger partial charge in [-0.2, -0.15) is 0 Å².